The van der Waals surface area contributed by atoms with Crippen molar-refractivity contribution >= 4 is 65.4 Å². The third-order valence-corrected chi connectivity index (χ3v) is 18.5. The molecule has 1 fully saturated rings. The standard InChI is InChI=1S/C66H92N8O12S/c1-38(71(14)61(83)85-64(6,7)8)55(77)69-53(63(3,4)5)59(81)73-36-45(34-51(73)58(80)68-49-29-21-25-41-23-17-19-27-47(41)49)42-30-31-43-33-50(57(79)67-48-28-20-24-40-22-16-18-26-46(40)48)74(35-44(43)32-42)60(82)54(66(12,13)87-37-52(75)76)70-56(78)39(2)72(15)62(84)86-65(9,10)11/h16-19,22-23,26-27,30-32,38-39,45,48-51,53-54H,20-21,24-25,28-29,33-37H2,1-15H3,(H,67,79)(H,68,80)(H,69,77)(H,70,78)(H,75,76)/t38-,39-,45-,48+,49+,50-,51-,53+,54+/m0/s1. The van der Waals surface area contributed by atoms with Crippen molar-refractivity contribution in [2.45, 2.75) is 218 Å². The summed E-state index contributed by atoms with van der Waals surface area (Å²) >= 11 is 0.947. The van der Waals surface area contributed by atoms with E-state index in [2.05, 4.69) is 27.3 Å². The van der Waals surface area contributed by atoms with Crippen LogP contribution in [0, 0.1) is 5.41 Å². The van der Waals surface area contributed by atoms with Crippen LogP contribution >= 0.6 is 11.8 Å². The number of likely N-dealkylation sites (N-methyl/N-ethyl adjacent to an activating group) is 2. The topological polar surface area (TPSA) is 253 Å². The number of likely N-dealkylation sites (tertiary alicyclic amines) is 1. The van der Waals surface area contributed by atoms with Crippen molar-refractivity contribution in [1.82, 2.24) is 40.9 Å². The maximum absolute atomic E-state index is 15.8. The highest BCUT2D eigenvalue weighted by Gasteiger charge is 2.49. The Labute approximate surface area is 517 Å². The van der Waals surface area contributed by atoms with Gasteiger partial charge >= 0.3 is 18.2 Å². The number of benzene rings is 3. The molecule has 20 nitrogen and oxygen atoms in total. The second-order valence-corrected chi connectivity index (χ2v) is 29.2. The number of aryl methyl sites for hydroxylation is 2. The number of fused-ring (bicyclic) bond motifs is 3. The molecule has 3 aromatic carbocycles. The fraction of sp³-hybridized carbons (Fsp3) is 0.591. The lowest BCUT2D eigenvalue weighted by Gasteiger charge is -2.42. The number of nitrogens with zero attached hydrogens (tertiary/aromatic N) is 4. The predicted molar refractivity (Wildman–Crippen MR) is 332 cm³/mol. The molecule has 21 heteroatoms. The van der Waals surface area contributed by atoms with Crippen LogP contribution in [0.15, 0.2) is 66.7 Å². The molecule has 0 radical (unpaired) electrons. The second kappa shape index (κ2) is 27.1. The van der Waals surface area contributed by atoms with Gasteiger partial charge in [-0.15, -0.1) is 11.8 Å². The van der Waals surface area contributed by atoms with Crippen LogP contribution in [-0.2, 0) is 68.8 Å². The Morgan fingerprint density at radius 3 is 1.57 bits per heavy atom. The van der Waals surface area contributed by atoms with E-state index < -0.39 is 117 Å². The Kier molecular flexibility index (Phi) is 21.0. The minimum atomic E-state index is -1.43. The van der Waals surface area contributed by atoms with E-state index in [9.17, 15) is 29.1 Å². The van der Waals surface area contributed by atoms with Crippen LogP contribution in [0.3, 0.4) is 0 Å². The van der Waals surface area contributed by atoms with Crippen LogP contribution in [0.25, 0.3) is 0 Å². The van der Waals surface area contributed by atoms with Crippen molar-refractivity contribution < 1.29 is 57.7 Å². The molecule has 5 N–H and O–H groups in total. The van der Waals surface area contributed by atoms with E-state index in [1.165, 1.54) is 30.8 Å². The van der Waals surface area contributed by atoms with Gasteiger partial charge in [-0.1, -0.05) is 87.5 Å². The maximum Gasteiger partial charge on any atom is 0.410 e. The number of thioether (sulfide) groups is 1. The number of ether oxygens (including phenoxy) is 2. The van der Waals surface area contributed by atoms with E-state index in [4.69, 9.17) is 9.47 Å². The molecule has 2 aliphatic heterocycles. The summed E-state index contributed by atoms with van der Waals surface area (Å²) in [6, 6.07) is 14.2. The first-order chi connectivity index (χ1) is 40.5. The lowest BCUT2D eigenvalue weighted by atomic mass is 9.85. The zero-order valence-electron chi connectivity index (χ0n) is 53.5. The van der Waals surface area contributed by atoms with Crippen LogP contribution < -0.4 is 21.3 Å². The molecular weight excluding hydrogens is 1130 g/mol. The van der Waals surface area contributed by atoms with Crippen LogP contribution in [0.1, 0.15) is 179 Å². The van der Waals surface area contributed by atoms with Crippen LogP contribution in [0.2, 0.25) is 0 Å². The number of carboxylic acid groups (broad SMARTS) is 1. The molecule has 0 spiro atoms. The van der Waals surface area contributed by atoms with Gasteiger partial charge < -0.3 is 45.6 Å². The van der Waals surface area contributed by atoms with Crippen molar-refractivity contribution in [3.8, 4) is 0 Å². The van der Waals surface area contributed by atoms with Crippen molar-refractivity contribution in [1.29, 1.82) is 0 Å². The number of carboxylic acids is 1. The summed E-state index contributed by atoms with van der Waals surface area (Å²) in [6.45, 7) is 22.0. The molecule has 0 saturated carbocycles. The first-order valence-corrected chi connectivity index (χ1v) is 31.4. The molecule has 0 aromatic heterocycles. The number of carbonyl (C=O) groups is 9. The fourth-order valence-corrected chi connectivity index (χ4v) is 12.8. The molecule has 0 bridgehead atoms. The quantitative estimate of drug-likeness (QED) is 0.0857. The number of aliphatic carboxylic acids is 1. The van der Waals surface area contributed by atoms with Gasteiger partial charge in [0.05, 0.1) is 17.8 Å². The molecule has 474 valence electrons. The molecule has 9 atom stereocenters. The van der Waals surface area contributed by atoms with Crippen molar-refractivity contribution in [2.24, 2.45) is 5.41 Å². The summed E-state index contributed by atoms with van der Waals surface area (Å²) in [4.78, 5) is 134. The minimum absolute atomic E-state index is 0.0698. The molecule has 8 amide bonds. The molecule has 0 unspecified atom stereocenters. The minimum Gasteiger partial charge on any atom is -0.481 e. The zero-order valence-corrected chi connectivity index (χ0v) is 54.3. The van der Waals surface area contributed by atoms with E-state index in [1.54, 1.807) is 67.2 Å². The van der Waals surface area contributed by atoms with Gasteiger partial charge in [-0.05, 0) is 159 Å². The van der Waals surface area contributed by atoms with Gasteiger partial charge in [-0.2, -0.15) is 0 Å². The maximum atomic E-state index is 15.8. The summed E-state index contributed by atoms with van der Waals surface area (Å²) < 4.78 is 9.80. The van der Waals surface area contributed by atoms with Crippen LogP contribution in [0.4, 0.5) is 9.59 Å². The van der Waals surface area contributed by atoms with Gasteiger partial charge in [0.1, 0.15) is 47.5 Å². The number of carbonyl (C=O) groups excluding carboxylic acids is 8. The van der Waals surface area contributed by atoms with E-state index in [0.717, 1.165) is 75.7 Å². The van der Waals surface area contributed by atoms with Gasteiger partial charge in [0, 0.05) is 44.3 Å². The zero-order chi connectivity index (χ0) is 64.2. The molecular formula is C66H92N8O12S. The Balaban J connectivity index is 1.25. The molecule has 3 aromatic rings. The average Bonchev–Trinajstić information content (AvgIpc) is 2.05. The smallest absolute Gasteiger partial charge is 0.410 e. The third kappa shape index (κ3) is 16.5. The van der Waals surface area contributed by atoms with E-state index >= 15 is 19.2 Å². The van der Waals surface area contributed by atoms with Gasteiger partial charge in [-0.3, -0.25) is 43.4 Å². The molecule has 2 aliphatic carbocycles. The van der Waals surface area contributed by atoms with Gasteiger partial charge in [0.15, 0.2) is 0 Å². The molecule has 1 saturated heterocycles. The third-order valence-electron chi connectivity index (χ3n) is 17.2. The highest BCUT2D eigenvalue weighted by atomic mass is 32.2. The lowest BCUT2D eigenvalue weighted by Crippen LogP contribution is -2.64. The molecule has 2 heterocycles. The van der Waals surface area contributed by atoms with E-state index in [1.807, 2.05) is 81.4 Å². The van der Waals surface area contributed by atoms with Crippen LogP contribution in [-0.4, -0.2) is 157 Å². The Hall–Kier alpha value is -7.16. The Morgan fingerprint density at radius 1 is 0.621 bits per heavy atom. The summed E-state index contributed by atoms with van der Waals surface area (Å²) in [5.74, 6) is -5.21. The number of rotatable bonds is 17. The number of hydrogen-bond donors (Lipinski definition) is 5. The fourth-order valence-electron chi connectivity index (χ4n) is 11.9. The number of amides is 8. The van der Waals surface area contributed by atoms with Gasteiger partial charge in [0.2, 0.25) is 35.4 Å². The largest absolute Gasteiger partial charge is 0.481 e. The van der Waals surface area contributed by atoms with Crippen molar-refractivity contribution in [3.05, 3.63) is 106 Å². The lowest BCUT2D eigenvalue weighted by molar-refractivity contribution is -0.146. The monoisotopic (exact) mass is 1220 g/mol. The van der Waals surface area contributed by atoms with E-state index in [0.29, 0.717) is 18.4 Å². The van der Waals surface area contributed by atoms with Gasteiger partial charge in [0.25, 0.3) is 0 Å². The predicted octanol–water partition coefficient (Wildman–Crippen LogP) is 8.13. The summed E-state index contributed by atoms with van der Waals surface area (Å²) in [5.41, 5.74) is 3.90. The summed E-state index contributed by atoms with van der Waals surface area (Å²) in [6.07, 6.45) is 3.57. The highest BCUT2D eigenvalue weighted by Crippen LogP contribution is 2.40. The van der Waals surface area contributed by atoms with Crippen molar-refractivity contribution in [3.63, 3.8) is 0 Å². The molecule has 87 heavy (non-hydrogen) atoms. The van der Waals surface area contributed by atoms with E-state index in [-0.39, 0.29) is 43.9 Å². The highest BCUT2D eigenvalue weighted by molar-refractivity contribution is 8.01. The second-order valence-electron chi connectivity index (χ2n) is 27.5. The Morgan fingerprint density at radius 2 is 1.09 bits per heavy atom. The first kappa shape index (κ1) is 67.3. The number of hydrogen-bond acceptors (Lipinski definition) is 12. The molecule has 7 rings (SSSR count). The average molecular weight is 1220 g/mol. The normalized spacial score (nSPS) is 20.8. The van der Waals surface area contributed by atoms with Crippen LogP contribution in [0.5, 0.6) is 0 Å². The molecule has 4 aliphatic rings. The Bertz CT molecular complexity index is 3090. The first-order valence-electron chi connectivity index (χ1n) is 30.4. The SMILES string of the molecule is C[C@@H](C(=O)N[C@H](C(=O)N1C[C@@H](c2ccc3c(c2)CN(C(=O)[C@@H](NC(=O)[C@H](C)N(C)C(=O)OC(C)(C)C)C(C)(C)SCC(=O)O)[C@H](C(=O)N[C@@H]2CCCc4ccccc42)C3)C[C@H]1C(=O)N[C@@H]1CCCc2ccccc21)C(C)(C)C)N(C)C(=O)OC(C)(C)C. The summed E-state index contributed by atoms with van der Waals surface area (Å²) in [7, 11) is 2.86. The summed E-state index contributed by atoms with van der Waals surface area (Å²) in [5, 5.41) is 22.3. The van der Waals surface area contributed by atoms with Gasteiger partial charge in [-0.25, -0.2) is 9.59 Å². The number of nitrogens with one attached hydrogen (secondary N) is 4. The van der Waals surface area contributed by atoms with Crippen molar-refractivity contribution in [2.75, 3.05) is 26.4 Å².